The van der Waals surface area contributed by atoms with Crippen molar-refractivity contribution in [2.75, 3.05) is 0 Å². The van der Waals surface area contributed by atoms with E-state index in [1.165, 1.54) is 25.0 Å². The van der Waals surface area contributed by atoms with E-state index in [2.05, 4.69) is 9.47 Å². The first-order valence-electron chi connectivity index (χ1n) is 1.61. The zero-order valence-corrected chi connectivity index (χ0v) is 5.36. The van der Waals surface area contributed by atoms with Crippen molar-refractivity contribution in [3.63, 3.8) is 0 Å². The Bertz CT molecular complexity index is 67.7. The fourth-order valence-electron chi connectivity index (χ4n) is 0.219. The second-order valence-electron chi connectivity index (χ2n) is 0.816. The second kappa shape index (κ2) is 3.90. The average Bonchev–Trinajstić information content (AvgIpc) is 1.72. The molecule has 0 aliphatic carbocycles. The Morgan fingerprint density at radius 2 is 1.00 bits per heavy atom. The van der Waals surface area contributed by atoms with E-state index in [1.54, 1.807) is 0 Å². The molecule has 1 radical (unpaired) electrons. The molecule has 1 aliphatic heterocycles. The number of rotatable bonds is 0. The van der Waals surface area contributed by atoms with E-state index in [4.69, 9.17) is 0 Å². The Morgan fingerprint density at radius 1 is 0.714 bits per heavy atom. The van der Waals surface area contributed by atoms with Crippen LogP contribution in [-0.4, -0.2) is 0 Å². The standard InChI is InChI=1S/C4H4O2.Tc/c1-2-6-4-3-5-1;/h1-4H;. The van der Waals surface area contributed by atoms with Crippen molar-refractivity contribution < 1.29 is 29.6 Å². The number of ether oxygens (including phenoxy) is 2. The molecule has 2 nitrogen and oxygen atoms in total. The summed E-state index contributed by atoms with van der Waals surface area (Å²) in [7, 11) is 0. The van der Waals surface area contributed by atoms with Crippen molar-refractivity contribution in [3.8, 4) is 0 Å². The van der Waals surface area contributed by atoms with Gasteiger partial charge in [-0.1, -0.05) is 0 Å². The third kappa shape index (κ3) is 2.43. The van der Waals surface area contributed by atoms with Crippen LogP contribution in [-0.2, 0) is 29.6 Å². The molecule has 0 aromatic rings. The summed E-state index contributed by atoms with van der Waals surface area (Å²) in [5.74, 6) is 0. The van der Waals surface area contributed by atoms with Gasteiger partial charge in [0.2, 0.25) is 0 Å². The van der Waals surface area contributed by atoms with Gasteiger partial charge in [-0.25, -0.2) is 0 Å². The van der Waals surface area contributed by atoms with Crippen LogP contribution < -0.4 is 0 Å². The van der Waals surface area contributed by atoms with Gasteiger partial charge in [0.25, 0.3) is 0 Å². The Balaban J connectivity index is 0.000000360. The first-order chi connectivity index (χ1) is 3.00. The molecule has 3 heteroatoms. The summed E-state index contributed by atoms with van der Waals surface area (Å²) in [4.78, 5) is 0. The second-order valence-corrected chi connectivity index (χ2v) is 0.816. The summed E-state index contributed by atoms with van der Waals surface area (Å²) >= 11 is 0. The van der Waals surface area contributed by atoms with Crippen molar-refractivity contribution >= 4 is 0 Å². The van der Waals surface area contributed by atoms with Crippen molar-refractivity contribution in [3.05, 3.63) is 25.0 Å². The van der Waals surface area contributed by atoms with Crippen LogP contribution in [0.3, 0.4) is 0 Å². The van der Waals surface area contributed by atoms with Crippen molar-refractivity contribution in [2.24, 2.45) is 0 Å². The van der Waals surface area contributed by atoms with Crippen molar-refractivity contribution in [1.82, 2.24) is 0 Å². The molecule has 0 bridgehead atoms. The molecule has 1 heterocycles. The summed E-state index contributed by atoms with van der Waals surface area (Å²) in [6, 6.07) is 0. The molecule has 0 aromatic heterocycles. The van der Waals surface area contributed by atoms with Crippen LogP contribution >= 0.6 is 0 Å². The number of hydrogen-bond donors (Lipinski definition) is 0. The van der Waals surface area contributed by atoms with Crippen LogP contribution in [0.25, 0.3) is 0 Å². The molecule has 0 fully saturated rings. The molecule has 0 spiro atoms. The van der Waals surface area contributed by atoms with E-state index in [1.807, 2.05) is 0 Å². The summed E-state index contributed by atoms with van der Waals surface area (Å²) in [6.07, 6.45) is 5.83. The molecule has 0 amide bonds. The third-order valence-corrected chi connectivity index (χ3v) is 0.425. The Morgan fingerprint density at radius 3 is 1.14 bits per heavy atom. The quantitative estimate of drug-likeness (QED) is 0.555. The SMILES string of the molecule is C1=COC=CO1.[Tc]. The van der Waals surface area contributed by atoms with Crippen LogP contribution in [0.15, 0.2) is 25.0 Å². The van der Waals surface area contributed by atoms with E-state index in [-0.39, 0.29) is 20.1 Å². The summed E-state index contributed by atoms with van der Waals surface area (Å²) in [5.41, 5.74) is 0. The van der Waals surface area contributed by atoms with Crippen LogP contribution in [0.5, 0.6) is 0 Å². The van der Waals surface area contributed by atoms with Crippen LogP contribution in [0, 0.1) is 0 Å². The molecule has 0 N–H and O–H groups in total. The molecule has 1 rings (SSSR count). The molecule has 39 valence electrons. The van der Waals surface area contributed by atoms with Crippen molar-refractivity contribution in [1.29, 1.82) is 0 Å². The zero-order valence-electron chi connectivity index (χ0n) is 3.50. The normalized spacial score (nSPS) is 13.7. The molecular weight excluding hydrogens is 178 g/mol. The molecule has 7 heavy (non-hydrogen) atoms. The van der Waals surface area contributed by atoms with Gasteiger partial charge in [0, 0.05) is 20.1 Å². The van der Waals surface area contributed by atoms with E-state index >= 15 is 0 Å². The minimum Gasteiger partial charge on any atom is -0.466 e. The van der Waals surface area contributed by atoms with Crippen molar-refractivity contribution in [2.45, 2.75) is 0 Å². The van der Waals surface area contributed by atoms with Gasteiger partial charge in [-0.15, -0.1) is 0 Å². The van der Waals surface area contributed by atoms with E-state index in [0.717, 1.165) is 0 Å². The molecule has 0 atom stereocenters. The van der Waals surface area contributed by atoms with E-state index < -0.39 is 0 Å². The monoisotopic (exact) mass is 181 g/mol. The van der Waals surface area contributed by atoms with Gasteiger partial charge in [0.1, 0.15) is 25.0 Å². The van der Waals surface area contributed by atoms with Crippen LogP contribution in [0.4, 0.5) is 0 Å². The summed E-state index contributed by atoms with van der Waals surface area (Å²) in [5, 5.41) is 0. The molecule has 0 saturated heterocycles. The third-order valence-electron chi connectivity index (χ3n) is 0.425. The van der Waals surface area contributed by atoms with Gasteiger partial charge >= 0.3 is 0 Å². The minimum absolute atomic E-state index is 0. The van der Waals surface area contributed by atoms with Gasteiger partial charge in [0.15, 0.2) is 0 Å². The maximum atomic E-state index is 4.58. The van der Waals surface area contributed by atoms with Gasteiger partial charge in [-0.05, 0) is 0 Å². The predicted octanol–water partition coefficient (Wildman–Crippen LogP) is 0.973. The fraction of sp³-hybridized carbons (Fsp3) is 0. The van der Waals surface area contributed by atoms with E-state index in [0.29, 0.717) is 0 Å². The largest absolute Gasteiger partial charge is 0.466 e. The molecular formula is C4H4O2Tc. The maximum absolute atomic E-state index is 4.58. The topological polar surface area (TPSA) is 18.5 Å². The number of hydrogen-bond acceptors (Lipinski definition) is 2. The predicted molar refractivity (Wildman–Crippen MR) is 20.4 cm³/mol. The smallest absolute Gasteiger partial charge is 0.125 e. The Labute approximate surface area is 55.2 Å². The zero-order chi connectivity index (χ0) is 4.24. The Hall–Kier alpha value is -0.271. The van der Waals surface area contributed by atoms with Crippen LogP contribution in [0.1, 0.15) is 0 Å². The average molecular weight is 182 g/mol. The van der Waals surface area contributed by atoms with Crippen LogP contribution in [0.2, 0.25) is 0 Å². The van der Waals surface area contributed by atoms with Gasteiger partial charge in [-0.3, -0.25) is 0 Å². The summed E-state index contributed by atoms with van der Waals surface area (Å²) in [6.45, 7) is 0. The van der Waals surface area contributed by atoms with Gasteiger partial charge in [-0.2, -0.15) is 0 Å². The Kier molecular flexibility index (Phi) is 3.75. The fourth-order valence-corrected chi connectivity index (χ4v) is 0.219. The van der Waals surface area contributed by atoms with Gasteiger partial charge in [0.05, 0.1) is 0 Å². The van der Waals surface area contributed by atoms with E-state index in [9.17, 15) is 0 Å². The molecule has 0 aromatic carbocycles. The molecule has 0 saturated carbocycles. The van der Waals surface area contributed by atoms with Gasteiger partial charge < -0.3 is 9.47 Å². The molecule has 1 aliphatic rings. The first-order valence-corrected chi connectivity index (χ1v) is 1.61. The first kappa shape index (κ1) is 6.73. The molecule has 0 unspecified atom stereocenters. The maximum Gasteiger partial charge on any atom is 0.125 e. The summed E-state index contributed by atoms with van der Waals surface area (Å²) < 4.78 is 9.17. The minimum atomic E-state index is 0.